The Balaban J connectivity index is 2.15. The quantitative estimate of drug-likeness (QED) is 0.784. The van der Waals surface area contributed by atoms with Crippen molar-refractivity contribution in [3.8, 4) is 0 Å². The molecule has 2 atom stereocenters. The van der Waals surface area contributed by atoms with Crippen molar-refractivity contribution in [1.82, 2.24) is 15.5 Å². The number of hydrogen-bond donors (Lipinski definition) is 2. The average molecular weight is 327 g/mol. The largest absolute Gasteiger partial charge is 0.444 e. The first-order valence-corrected chi connectivity index (χ1v) is 8.65. The monoisotopic (exact) mass is 327 g/mol. The summed E-state index contributed by atoms with van der Waals surface area (Å²) in [6.45, 7) is 13.0. The minimum Gasteiger partial charge on any atom is -0.444 e. The summed E-state index contributed by atoms with van der Waals surface area (Å²) in [7, 11) is 0. The van der Waals surface area contributed by atoms with Gasteiger partial charge in [-0.2, -0.15) is 0 Å². The van der Waals surface area contributed by atoms with Crippen LogP contribution in [-0.4, -0.2) is 54.7 Å². The van der Waals surface area contributed by atoms with Crippen LogP contribution in [0.25, 0.3) is 0 Å². The number of rotatable bonds is 6. The maximum absolute atomic E-state index is 11.8. The fraction of sp³-hybridized carbons (Fsp3) is 0.882. The van der Waals surface area contributed by atoms with E-state index < -0.39 is 11.7 Å². The number of nitrogens with one attached hydrogen (secondary N) is 2. The Labute approximate surface area is 140 Å². The van der Waals surface area contributed by atoms with Gasteiger partial charge in [0.2, 0.25) is 5.91 Å². The molecule has 1 aliphatic heterocycles. The van der Waals surface area contributed by atoms with Gasteiger partial charge in [-0.25, -0.2) is 4.79 Å². The number of hydrogen-bond acceptors (Lipinski definition) is 4. The van der Waals surface area contributed by atoms with E-state index in [9.17, 15) is 9.59 Å². The second-order valence-corrected chi connectivity index (χ2v) is 7.57. The van der Waals surface area contributed by atoms with E-state index in [1.165, 1.54) is 12.8 Å². The molecule has 0 radical (unpaired) electrons. The SMILES string of the molecule is C[C@H]1CCCN([C@H](C)CNC(=O)CCNC(=O)OC(C)(C)C)C1. The first-order valence-electron chi connectivity index (χ1n) is 8.65. The highest BCUT2D eigenvalue weighted by Gasteiger charge is 2.21. The van der Waals surface area contributed by atoms with Crippen LogP contribution < -0.4 is 10.6 Å². The molecule has 1 heterocycles. The zero-order valence-electron chi connectivity index (χ0n) is 15.3. The predicted octanol–water partition coefficient (Wildman–Crippen LogP) is 2.14. The molecule has 0 aromatic rings. The maximum atomic E-state index is 11.8. The number of piperidine rings is 1. The van der Waals surface area contributed by atoms with Gasteiger partial charge in [0.25, 0.3) is 0 Å². The number of ether oxygens (including phenoxy) is 1. The molecule has 6 nitrogen and oxygen atoms in total. The lowest BCUT2D eigenvalue weighted by atomic mass is 9.99. The minimum atomic E-state index is -0.520. The third-order valence-electron chi connectivity index (χ3n) is 3.93. The molecule has 23 heavy (non-hydrogen) atoms. The molecule has 1 saturated heterocycles. The fourth-order valence-electron chi connectivity index (χ4n) is 2.70. The average Bonchev–Trinajstić information content (AvgIpc) is 2.42. The Morgan fingerprint density at radius 3 is 2.61 bits per heavy atom. The van der Waals surface area contributed by atoms with Crippen molar-refractivity contribution in [2.75, 3.05) is 26.2 Å². The van der Waals surface area contributed by atoms with Crippen LogP contribution in [0.2, 0.25) is 0 Å². The molecule has 0 aromatic carbocycles. The number of nitrogens with zero attached hydrogens (tertiary/aromatic N) is 1. The summed E-state index contributed by atoms with van der Waals surface area (Å²) in [5.41, 5.74) is -0.520. The zero-order chi connectivity index (χ0) is 17.5. The molecule has 0 unspecified atom stereocenters. The Morgan fingerprint density at radius 2 is 2.00 bits per heavy atom. The molecule has 1 fully saturated rings. The summed E-state index contributed by atoms with van der Waals surface area (Å²) in [6.07, 6.45) is 2.31. The summed E-state index contributed by atoms with van der Waals surface area (Å²) in [4.78, 5) is 25.7. The van der Waals surface area contributed by atoms with Crippen molar-refractivity contribution in [2.45, 2.75) is 65.5 Å². The summed E-state index contributed by atoms with van der Waals surface area (Å²) >= 11 is 0. The van der Waals surface area contributed by atoms with E-state index in [4.69, 9.17) is 4.74 Å². The molecule has 0 aliphatic carbocycles. The van der Waals surface area contributed by atoms with E-state index in [1.54, 1.807) is 0 Å². The van der Waals surface area contributed by atoms with Crippen LogP contribution in [0.15, 0.2) is 0 Å². The van der Waals surface area contributed by atoms with Gasteiger partial charge in [-0.05, 0) is 53.0 Å². The molecular weight excluding hydrogens is 294 g/mol. The Bertz CT molecular complexity index is 393. The Kier molecular flexibility index (Phi) is 7.82. The van der Waals surface area contributed by atoms with Crippen molar-refractivity contribution in [1.29, 1.82) is 0 Å². The van der Waals surface area contributed by atoms with Gasteiger partial charge < -0.3 is 15.4 Å². The number of carbonyl (C=O) groups is 2. The second-order valence-electron chi connectivity index (χ2n) is 7.57. The maximum Gasteiger partial charge on any atom is 0.407 e. The Hall–Kier alpha value is -1.30. The Morgan fingerprint density at radius 1 is 1.30 bits per heavy atom. The van der Waals surface area contributed by atoms with Gasteiger partial charge in [0.05, 0.1) is 0 Å². The topological polar surface area (TPSA) is 70.7 Å². The molecule has 0 bridgehead atoms. The minimum absolute atomic E-state index is 0.0435. The van der Waals surface area contributed by atoms with Gasteiger partial charge in [0.1, 0.15) is 5.60 Å². The number of likely N-dealkylation sites (tertiary alicyclic amines) is 1. The van der Waals surface area contributed by atoms with Gasteiger partial charge in [0.15, 0.2) is 0 Å². The van der Waals surface area contributed by atoms with E-state index in [-0.39, 0.29) is 18.9 Å². The van der Waals surface area contributed by atoms with E-state index in [0.717, 1.165) is 19.0 Å². The predicted molar refractivity (Wildman–Crippen MR) is 91.3 cm³/mol. The highest BCUT2D eigenvalue weighted by Crippen LogP contribution is 2.17. The summed E-state index contributed by atoms with van der Waals surface area (Å²) < 4.78 is 5.12. The van der Waals surface area contributed by atoms with Crippen LogP contribution in [0.1, 0.15) is 53.9 Å². The van der Waals surface area contributed by atoms with Gasteiger partial charge in [-0.15, -0.1) is 0 Å². The van der Waals surface area contributed by atoms with Crippen molar-refractivity contribution < 1.29 is 14.3 Å². The molecule has 6 heteroatoms. The lowest BCUT2D eigenvalue weighted by Gasteiger charge is -2.35. The normalized spacial score (nSPS) is 20.7. The lowest BCUT2D eigenvalue weighted by Crippen LogP contribution is -2.46. The first-order chi connectivity index (χ1) is 10.7. The van der Waals surface area contributed by atoms with Crippen molar-refractivity contribution in [3.63, 3.8) is 0 Å². The van der Waals surface area contributed by atoms with E-state index in [0.29, 0.717) is 12.6 Å². The summed E-state index contributed by atoms with van der Waals surface area (Å²) in [6, 6.07) is 0.348. The molecule has 0 saturated carbocycles. The van der Waals surface area contributed by atoms with Crippen LogP contribution in [-0.2, 0) is 9.53 Å². The molecule has 2 amide bonds. The highest BCUT2D eigenvalue weighted by molar-refractivity contribution is 5.77. The highest BCUT2D eigenvalue weighted by atomic mass is 16.6. The number of carbonyl (C=O) groups excluding carboxylic acids is 2. The molecule has 2 N–H and O–H groups in total. The number of amides is 2. The van der Waals surface area contributed by atoms with Crippen molar-refractivity contribution in [3.05, 3.63) is 0 Å². The third kappa shape index (κ3) is 8.79. The zero-order valence-corrected chi connectivity index (χ0v) is 15.3. The van der Waals surface area contributed by atoms with Gasteiger partial charge in [-0.3, -0.25) is 9.69 Å². The molecular formula is C17H33N3O3. The van der Waals surface area contributed by atoms with Crippen LogP contribution in [0.5, 0.6) is 0 Å². The van der Waals surface area contributed by atoms with Gasteiger partial charge in [0, 0.05) is 32.1 Å². The lowest BCUT2D eigenvalue weighted by molar-refractivity contribution is -0.121. The van der Waals surface area contributed by atoms with E-state index in [2.05, 4.69) is 29.4 Å². The van der Waals surface area contributed by atoms with Crippen molar-refractivity contribution >= 4 is 12.0 Å². The van der Waals surface area contributed by atoms with Crippen LogP contribution in [0.4, 0.5) is 4.79 Å². The molecule has 134 valence electrons. The molecule has 0 spiro atoms. The number of alkyl carbamates (subject to hydrolysis) is 1. The second kappa shape index (κ2) is 9.11. The third-order valence-corrected chi connectivity index (χ3v) is 3.93. The van der Waals surface area contributed by atoms with Crippen LogP contribution in [0.3, 0.4) is 0 Å². The van der Waals surface area contributed by atoms with E-state index >= 15 is 0 Å². The molecule has 1 rings (SSSR count). The van der Waals surface area contributed by atoms with E-state index in [1.807, 2.05) is 20.8 Å². The smallest absolute Gasteiger partial charge is 0.407 e. The van der Waals surface area contributed by atoms with Gasteiger partial charge in [-0.1, -0.05) is 6.92 Å². The van der Waals surface area contributed by atoms with Gasteiger partial charge >= 0.3 is 6.09 Å². The molecule has 1 aliphatic rings. The standard InChI is InChI=1S/C17H33N3O3/c1-13-7-6-10-20(12-13)14(2)11-19-15(21)8-9-18-16(22)23-17(3,4)5/h13-14H,6-12H2,1-5H3,(H,18,22)(H,19,21)/t13-,14+/m0/s1. The fourth-order valence-corrected chi connectivity index (χ4v) is 2.70. The first kappa shape index (κ1) is 19.7. The summed E-state index contributed by atoms with van der Waals surface area (Å²) in [5.74, 6) is 0.692. The van der Waals surface area contributed by atoms with Crippen LogP contribution in [0, 0.1) is 5.92 Å². The summed E-state index contributed by atoms with van der Waals surface area (Å²) in [5, 5.41) is 5.54. The van der Waals surface area contributed by atoms with Crippen LogP contribution >= 0.6 is 0 Å². The molecule has 0 aromatic heterocycles. The van der Waals surface area contributed by atoms with Crippen molar-refractivity contribution in [2.24, 2.45) is 5.92 Å².